The van der Waals surface area contributed by atoms with E-state index in [1.165, 1.54) is 36.9 Å². The van der Waals surface area contributed by atoms with Crippen LogP contribution in [0, 0.1) is 0 Å². The van der Waals surface area contributed by atoms with Crippen molar-refractivity contribution < 1.29 is 9.31 Å². The van der Waals surface area contributed by atoms with E-state index in [1.54, 1.807) is 0 Å². The van der Waals surface area contributed by atoms with Gasteiger partial charge in [-0.3, -0.25) is 0 Å². The number of hydrogen-bond donors (Lipinski definition) is 0. The van der Waals surface area contributed by atoms with Crippen molar-refractivity contribution in [3.63, 3.8) is 0 Å². The van der Waals surface area contributed by atoms with Gasteiger partial charge in [0.05, 0.1) is 16.9 Å². The van der Waals surface area contributed by atoms with E-state index < -0.39 is 18.3 Å². The zero-order chi connectivity index (χ0) is 36.2. The maximum Gasteiger partial charge on any atom is 0.494 e. The Morgan fingerprint density at radius 3 is 1.77 bits per heavy atom. The summed E-state index contributed by atoms with van der Waals surface area (Å²) in [6.07, 6.45) is 0. The van der Waals surface area contributed by atoms with Crippen molar-refractivity contribution in [2.75, 3.05) is 4.90 Å². The van der Waals surface area contributed by atoms with E-state index >= 15 is 0 Å². The Morgan fingerprint density at radius 1 is 0.472 bits per heavy atom. The Bertz CT molecular complexity index is 2560. The van der Waals surface area contributed by atoms with E-state index in [0.717, 1.165) is 39.2 Å². The van der Waals surface area contributed by atoms with Gasteiger partial charge in [-0.15, -0.1) is 11.3 Å². The third-order valence-corrected chi connectivity index (χ3v) is 12.1. The van der Waals surface area contributed by atoms with Gasteiger partial charge in [0.1, 0.15) is 0 Å². The van der Waals surface area contributed by atoms with Gasteiger partial charge in [0, 0.05) is 42.7 Å². The van der Waals surface area contributed by atoms with Gasteiger partial charge in [-0.25, -0.2) is 0 Å². The number of hydrogen-bond acceptors (Lipinski definition) is 4. The van der Waals surface area contributed by atoms with Crippen LogP contribution in [0.5, 0.6) is 0 Å². The quantitative estimate of drug-likeness (QED) is 0.154. The lowest BCUT2D eigenvalue weighted by Gasteiger charge is -2.32. The monoisotopic (exact) mass is 705 g/mol. The molecule has 1 aliphatic rings. The predicted octanol–water partition coefficient (Wildman–Crippen LogP) is 12.8. The molecule has 0 bridgehead atoms. The maximum absolute atomic E-state index is 6.67. The van der Waals surface area contributed by atoms with Crippen LogP contribution < -0.4 is 10.4 Å². The first-order valence-corrected chi connectivity index (χ1v) is 19.1. The van der Waals surface area contributed by atoms with E-state index in [9.17, 15) is 0 Å². The summed E-state index contributed by atoms with van der Waals surface area (Å²) in [4.78, 5) is 2.41. The molecule has 258 valence electrons. The minimum absolute atomic E-state index is 0.457. The fourth-order valence-corrected chi connectivity index (χ4v) is 8.63. The van der Waals surface area contributed by atoms with E-state index in [1.807, 2.05) is 11.3 Å². The minimum atomic E-state index is -0.498. The molecule has 1 saturated heterocycles. The molecule has 3 nitrogen and oxygen atoms in total. The van der Waals surface area contributed by atoms with Gasteiger partial charge in [0.2, 0.25) is 0 Å². The van der Waals surface area contributed by atoms with Crippen molar-refractivity contribution in [3.8, 4) is 33.4 Å². The van der Waals surface area contributed by atoms with Crippen LogP contribution in [0.1, 0.15) is 27.7 Å². The Labute approximate surface area is 316 Å². The van der Waals surface area contributed by atoms with E-state index in [4.69, 9.17) is 9.31 Å². The third-order valence-electron chi connectivity index (χ3n) is 10.9. The molecule has 9 rings (SSSR count). The zero-order valence-electron chi connectivity index (χ0n) is 30.4. The first-order valence-electron chi connectivity index (χ1n) is 18.3. The minimum Gasteiger partial charge on any atom is -0.399 e. The molecule has 0 amide bonds. The summed E-state index contributed by atoms with van der Waals surface area (Å²) in [6, 6.07) is 61.1. The number of para-hydroxylation sites is 2. The number of benzene rings is 7. The second-order valence-corrected chi connectivity index (χ2v) is 15.9. The number of anilines is 3. The maximum atomic E-state index is 6.67. The van der Waals surface area contributed by atoms with Gasteiger partial charge in [0.25, 0.3) is 0 Å². The highest BCUT2D eigenvalue weighted by atomic mass is 32.1. The second-order valence-electron chi connectivity index (χ2n) is 14.8. The summed E-state index contributed by atoms with van der Waals surface area (Å²) in [5, 5.41) is 2.49. The van der Waals surface area contributed by atoms with Gasteiger partial charge in [-0.1, -0.05) is 127 Å². The van der Waals surface area contributed by atoms with E-state index in [-0.39, 0.29) is 0 Å². The number of fused-ring (bicyclic) bond motifs is 3. The highest BCUT2D eigenvalue weighted by molar-refractivity contribution is 7.26. The fraction of sp³-hybridized carbons (Fsp3) is 0.125. The lowest BCUT2D eigenvalue weighted by molar-refractivity contribution is 0.00578. The Balaban J connectivity index is 1.32. The number of nitrogens with zero attached hydrogens (tertiary/aromatic N) is 1. The molecule has 0 spiro atoms. The lowest BCUT2D eigenvalue weighted by Crippen LogP contribution is -2.41. The Hall–Kier alpha value is -5.46. The Kier molecular flexibility index (Phi) is 8.31. The molecule has 8 aromatic rings. The molecule has 0 unspecified atom stereocenters. The Morgan fingerprint density at radius 2 is 1.06 bits per heavy atom. The molecule has 53 heavy (non-hydrogen) atoms. The average molecular weight is 706 g/mol. The summed E-state index contributed by atoms with van der Waals surface area (Å²) in [5.74, 6) is 0. The normalized spacial score (nSPS) is 14.9. The van der Waals surface area contributed by atoms with Crippen LogP contribution in [0.25, 0.3) is 53.6 Å². The third kappa shape index (κ3) is 6.05. The van der Waals surface area contributed by atoms with Gasteiger partial charge < -0.3 is 14.2 Å². The van der Waals surface area contributed by atoms with Crippen LogP contribution in [0.2, 0.25) is 0 Å². The second kappa shape index (κ2) is 13.2. The molecule has 1 aliphatic heterocycles. The number of rotatable bonds is 7. The van der Waals surface area contributed by atoms with Gasteiger partial charge in [-0.05, 0) is 97.9 Å². The molecular formula is C48H40BNO2S. The topological polar surface area (TPSA) is 21.7 Å². The van der Waals surface area contributed by atoms with Crippen molar-refractivity contribution in [1.29, 1.82) is 0 Å². The summed E-state index contributed by atoms with van der Waals surface area (Å²) < 4.78 is 15.9. The molecule has 2 heterocycles. The van der Waals surface area contributed by atoms with Crippen molar-refractivity contribution >= 4 is 61.2 Å². The highest BCUT2D eigenvalue weighted by Gasteiger charge is 2.51. The standard InChI is InChI=1S/C48H40BNO2S/c1-47(2)48(3,4)52-49(51-47)37-29-35(33-18-8-5-9-19-33)28-36(30-37)42-31-39(32-43-41-25-15-17-27-45(41)53-46(42)43)50(38-22-12-7-13-23-38)44-26-16-14-24-40(44)34-20-10-6-11-21-34/h5-32H,1-4H3. The summed E-state index contributed by atoms with van der Waals surface area (Å²) >= 11 is 1.85. The average Bonchev–Trinajstić information content (AvgIpc) is 3.67. The summed E-state index contributed by atoms with van der Waals surface area (Å²) in [6.45, 7) is 8.46. The molecule has 0 N–H and O–H groups in total. The lowest BCUT2D eigenvalue weighted by atomic mass is 9.76. The van der Waals surface area contributed by atoms with Crippen LogP contribution in [0.3, 0.4) is 0 Å². The highest BCUT2D eigenvalue weighted by Crippen LogP contribution is 2.47. The summed E-state index contributed by atoms with van der Waals surface area (Å²) in [7, 11) is -0.498. The van der Waals surface area contributed by atoms with E-state index in [0.29, 0.717) is 0 Å². The van der Waals surface area contributed by atoms with Crippen molar-refractivity contribution in [3.05, 3.63) is 170 Å². The van der Waals surface area contributed by atoms with Gasteiger partial charge in [0.15, 0.2) is 0 Å². The molecule has 1 fully saturated rings. The van der Waals surface area contributed by atoms with Crippen LogP contribution in [0.15, 0.2) is 170 Å². The largest absolute Gasteiger partial charge is 0.494 e. The smallest absolute Gasteiger partial charge is 0.399 e. The molecule has 0 radical (unpaired) electrons. The first-order chi connectivity index (χ1) is 25.8. The zero-order valence-corrected chi connectivity index (χ0v) is 31.2. The molecule has 7 aromatic carbocycles. The molecule has 1 aromatic heterocycles. The van der Waals surface area contributed by atoms with Crippen LogP contribution in [-0.4, -0.2) is 18.3 Å². The SMILES string of the molecule is CC1(C)OB(c2cc(-c3ccccc3)cc(-c3cc(N(c4ccccc4)c4ccccc4-c4ccccc4)cc4c3sc3ccccc34)c2)OC1(C)C. The van der Waals surface area contributed by atoms with Gasteiger partial charge in [-0.2, -0.15) is 0 Å². The van der Waals surface area contributed by atoms with Crippen molar-refractivity contribution in [1.82, 2.24) is 0 Å². The summed E-state index contributed by atoms with van der Waals surface area (Å²) in [5.41, 5.74) is 10.3. The molecule has 5 heteroatoms. The molecular weight excluding hydrogens is 665 g/mol. The van der Waals surface area contributed by atoms with E-state index in [2.05, 4.69) is 202 Å². The van der Waals surface area contributed by atoms with Crippen LogP contribution in [0.4, 0.5) is 17.1 Å². The van der Waals surface area contributed by atoms with Crippen LogP contribution >= 0.6 is 11.3 Å². The number of thiophene rings is 1. The fourth-order valence-electron chi connectivity index (χ4n) is 7.41. The first kappa shape index (κ1) is 33.4. The van der Waals surface area contributed by atoms with Crippen LogP contribution in [-0.2, 0) is 9.31 Å². The van der Waals surface area contributed by atoms with Crippen molar-refractivity contribution in [2.45, 2.75) is 38.9 Å². The van der Waals surface area contributed by atoms with Crippen molar-refractivity contribution in [2.24, 2.45) is 0 Å². The van der Waals surface area contributed by atoms with Gasteiger partial charge >= 0.3 is 7.12 Å². The molecule has 0 atom stereocenters. The molecule has 0 saturated carbocycles. The predicted molar refractivity (Wildman–Crippen MR) is 226 cm³/mol. The molecule has 0 aliphatic carbocycles.